The van der Waals surface area contributed by atoms with Crippen LogP contribution in [0.1, 0.15) is 29.6 Å². The minimum Gasteiger partial charge on any atom is -0.396 e. The van der Waals surface area contributed by atoms with Gasteiger partial charge in [-0.15, -0.1) is 0 Å². The van der Waals surface area contributed by atoms with E-state index in [1.165, 1.54) is 0 Å². The summed E-state index contributed by atoms with van der Waals surface area (Å²) < 4.78 is 65.1. The van der Waals surface area contributed by atoms with Gasteiger partial charge in [0.2, 0.25) is 5.82 Å². The van der Waals surface area contributed by atoms with Gasteiger partial charge >= 0.3 is 0 Å². The molecule has 0 unspecified atom stereocenters. The SMILES string of the molecule is O=C(NCCCCCO)c1c(F)c(F)c(F)c(F)c1F. The third-order valence-electron chi connectivity index (χ3n) is 2.56. The molecular weight excluding hydrogens is 285 g/mol. The largest absolute Gasteiger partial charge is 0.396 e. The summed E-state index contributed by atoms with van der Waals surface area (Å²) in [5, 5.41) is 10.6. The number of rotatable bonds is 6. The molecule has 2 N–H and O–H groups in total. The Bertz CT molecular complexity index is 478. The highest BCUT2D eigenvalue weighted by Crippen LogP contribution is 2.22. The number of unbranched alkanes of at least 4 members (excludes halogenated alkanes) is 2. The summed E-state index contributed by atoms with van der Waals surface area (Å²) in [5.41, 5.74) is -1.50. The van der Waals surface area contributed by atoms with E-state index in [0.717, 1.165) is 0 Å². The van der Waals surface area contributed by atoms with Gasteiger partial charge < -0.3 is 10.4 Å². The molecule has 1 rings (SSSR count). The number of hydrogen-bond donors (Lipinski definition) is 2. The number of carbonyl (C=O) groups is 1. The van der Waals surface area contributed by atoms with E-state index in [1.807, 2.05) is 0 Å². The number of benzene rings is 1. The molecule has 1 amide bonds. The van der Waals surface area contributed by atoms with Crippen LogP contribution in [-0.2, 0) is 0 Å². The van der Waals surface area contributed by atoms with Crippen LogP contribution in [0.2, 0.25) is 0 Å². The Morgan fingerprint density at radius 1 is 0.850 bits per heavy atom. The maximum atomic E-state index is 13.3. The monoisotopic (exact) mass is 297 g/mol. The van der Waals surface area contributed by atoms with Crippen molar-refractivity contribution in [1.29, 1.82) is 0 Å². The van der Waals surface area contributed by atoms with Crippen molar-refractivity contribution in [3.05, 3.63) is 34.6 Å². The van der Waals surface area contributed by atoms with Crippen molar-refractivity contribution in [3.63, 3.8) is 0 Å². The fraction of sp³-hybridized carbons (Fsp3) is 0.417. The van der Waals surface area contributed by atoms with Gasteiger partial charge in [0.15, 0.2) is 23.3 Å². The molecule has 0 aliphatic rings. The number of amides is 1. The first kappa shape index (κ1) is 16.4. The van der Waals surface area contributed by atoms with E-state index >= 15 is 0 Å². The highest BCUT2D eigenvalue weighted by molar-refractivity contribution is 5.94. The molecule has 3 nitrogen and oxygen atoms in total. The summed E-state index contributed by atoms with van der Waals surface area (Å²) in [5.74, 6) is -12.3. The van der Waals surface area contributed by atoms with E-state index in [9.17, 15) is 26.7 Å². The minimum absolute atomic E-state index is 0.00166. The first-order valence-corrected chi connectivity index (χ1v) is 5.82. The number of halogens is 5. The van der Waals surface area contributed by atoms with E-state index < -0.39 is 40.6 Å². The minimum atomic E-state index is -2.31. The van der Waals surface area contributed by atoms with Crippen LogP contribution >= 0.6 is 0 Å². The van der Waals surface area contributed by atoms with Crippen molar-refractivity contribution in [3.8, 4) is 0 Å². The Balaban J connectivity index is 2.83. The normalized spacial score (nSPS) is 10.7. The van der Waals surface area contributed by atoms with E-state index in [4.69, 9.17) is 5.11 Å². The molecule has 0 spiro atoms. The Labute approximate surface area is 111 Å². The molecule has 0 radical (unpaired) electrons. The van der Waals surface area contributed by atoms with Gasteiger partial charge in [0.1, 0.15) is 5.56 Å². The van der Waals surface area contributed by atoms with Gasteiger partial charge in [-0.2, -0.15) is 0 Å². The van der Waals surface area contributed by atoms with Crippen molar-refractivity contribution in [1.82, 2.24) is 5.32 Å². The summed E-state index contributed by atoms with van der Waals surface area (Å²) in [6.45, 7) is -0.0378. The number of aliphatic hydroxyl groups is 1. The number of aliphatic hydroxyl groups excluding tert-OH is 1. The molecule has 0 saturated carbocycles. The highest BCUT2D eigenvalue weighted by Gasteiger charge is 2.29. The number of carbonyl (C=O) groups excluding carboxylic acids is 1. The zero-order chi connectivity index (χ0) is 15.3. The summed E-state index contributed by atoms with van der Waals surface area (Å²) >= 11 is 0. The zero-order valence-electron chi connectivity index (χ0n) is 10.3. The highest BCUT2D eigenvalue weighted by atomic mass is 19.2. The molecule has 0 bridgehead atoms. The molecule has 112 valence electrons. The third kappa shape index (κ3) is 3.44. The quantitative estimate of drug-likeness (QED) is 0.366. The first-order chi connectivity index (χ1) is 9.41. The van der Waals surface area contributed by atoms with Gasteiger partial charge in [-0.1, -0.05) is 0 Å². The Kier molecular flexibility index (Phi) is 5.87. The Morgan fingerprint density at radius 2 is 1.35 bits per heavy atom. The molecule has 1 aromatic carbocycles. The fourth-order valence-corrected chi connectivity index (χ4v) is 1.51. The van der Waals surface area contributed by atoms with Crippen molar-refractivity contribution >= 4 is 5.91 Å². The van der Waals surface area contributed by atoms with Crippen LogP contribution in [0.4, 0.5) is 22.0 Å². The summed E-state index contributed by atoms with van der Waals surface area (Å²) in [4.78, 5) is 11.4. The zero-order valence-corrected chi connectivity index (χ0v) is 10.3. The van der Waals surface area contributed by atoms with E-state index in [-0.39, 0.29) is 13.2 Å². The van der Waals surface area contributed by atoms with Crippen LogP contribution in [0.15, 0.2) is 0 Å². The second-order valence-corrected chi connectivity index (χ2v) is 3.99. The van der Waals surface area contributed by atoms with E-state index in [1.54, 1.807) is 0 Å². The van der Waals surface area contributed by atoms with Crippen LogP contribution in [-0.4, -0.2) is 24.2 Å². The van der Waals surface area contributed by atoms with Gasteiger partial charge in [0.05, 0.1) is 0 Å². The molecule has 0 aliphatic heterocycles. The van der Waals surface area contributed by atoms with Crippen molar-refractivity contribution in [2.75, 3.05) is 13.2 Å². The predicted octanol–water partition coefficient (Wildman–Crippen LogP) is 2.27. The van der Waals surface area contributed by atoms with Gasteiger partial charge in [0.25, 0.3) is 5.91 Å². The lowest BCUT2D eigenvalue weighted by atomic mass is 10.1. The molecule has 0 atom stereocenters. The van der Waals surface area contributed by atoms with Crippen molar-refractivity contribution < 1.29 is 31.9 Å². The van der Waals surface area contributed by atoms with Crippen molar-refractivity contribution in [2.24, 2.45) is 0 Å². The van der Waals surface area contributed by atoms with Crippen LogP contribution in [0, 0.1) is 29.1 Å². The number of nitrogens with one attached hydrogen (secondary N) is 1. The molecule has 0 aromatic heterocycles. The molecule has 1 aromatic rings. The molecule has 0 saturated heterocycles. The van der Waals surface area contributed by atoms with Gasteiger partial charge in [-0.3, -0.25) is 4.79 Å². The van der Waals surface area contributed by atoms with Gasteiger partial charge in [0, 0.05) is 13.2 Å². The maximum absolute atomic E-state index is 13.3. The van der Waals surface area contributed by atoms with E-state index in [0.29, 0.717) is 19.3 Å². The lowest BCUT2D eigenvalue weighted by Crippen LogP contribution is -2.28. The van der Waals surface area contributed by atoms with Crippen LogP contribution in [0.3, 0.4) is 0 Å². The van der Waals surface area contributed by atoms with Crippen molar-refractivity contribution in [2.45, 2.75) is 19.3 Å². The maximum Gasteiger partial charge on any atom is 0.257 e. The van der Waals surface area contributed by atoms with Crippen LogP contribution in [0.25, 0.3) is 0 Å². The van der Waals surface area contributed by atoms with Crippen LogP contribution < -0.4 is 5.32 Å². The standard InChI is InChI=1S/C12H12F5NO2/c13-7-6(8(14)10(16)11(17)9(7)15)12(20)18-4-2-1-3-5-19/h19H,1-5H2,(H,18,20). The second-order valence-electron chi connectivity index (χ2n) is 3.99. The molecule has 8 heteroatoms. The third-order valence-corrected chi connectivity index (χ3v) is 2.56. The number of hydrogen-bond acceptors (Lipinski definition) is 2. The summed E-state index contributed by atoms with van der Waals surface area (Å²) in [6.07, 6.45) is 1.44. The fourth-order valence-electron chi connectivity index (χ4n) is 1.51. The first-order valence-electron chi connectivity index (χ1n) is 5.82. The average Bonchev–Trinajstić information content (AvgIpc) is 2.43. The molecule has 0 heterocycles. The molecule has 20 heavy (non-hydrogen) atoms. The summed E-state index contributed by atoms with van der Waals surface area (Å²) in [7, 11) is 0. The lowest BCUT2D eigenvalue weighted by molar-refractivity contribution is 0.0941. The lowest BCUT2D eigenvalue weighted by Gasteiger charge is -2.09. The average molecular weight is 297 g/mol. The Hall–Kier alpha value is -1.70. The second kappa shape index (κ2) is 7.18. The van der Waals surface area contributed by atoms with Crippen LogP contribution in [0.5, 0.6) is 0 Å². The predicted molar refractivity (Wildman–Crippen MR) is 59.5 cm³/mol. The molecule has 0 fully saturated rings. The van der Waals surface area contributed by atoms with Gasteiger partial charge in [-0.05, 0) is 19.3 Å². The van der Waals surface area contributed by atoms with E-state index in [2.05, 4.69) is 5.32 Å². The Morgan fingerprint density at radius 3 is 1.85 bits per heavy atom. The smallest absolute Gasteiger partial charge is 0.257 e. The summed E-state index contributed by atoms with van der Waals surface area (Å²) in [6, 6.07) is 0. The molecular formula is C12H12F5NO2. The van der Waals surface area contributed by atoms with Gasteiger partial charge in [-0.25, -0.2) is 22.0 Å². The molecule has 0 aliphatic carbocycles. The topological polar surface area (TPSA) is 49.3 Å².